The first-order valence-electron chi connectivity index (χ1n) is 9.12. The number of amides is 1. The number of carbonyl (C=O) groups is 1. The molecule has 0 aliphatic carbocycles. The summed E-state index contributed by atoms with van der Waals surface area (Å²) in [5, 5.41) is 1.27. The molecule has 5 heteroatoms. The highest BCUT2D eigenvalue weighted by molar-refractivity contribution is 7.99. The Morgan fingerprint density at radius 3 is 2.73 bits per heavy atom. The van der Waals surface area contributed by atoms with Crippen molar-refractivity contribution in [3.8, 4) is 0 Å². The Kier molecular flexibility index (Phi) is 5.25. The highest BCUT2D eigenvalue weighted by atomic mass is 32.2. The van der Waals surface area contributed by atoms with Gasteiger partial charge >= 0.3 is 0 Å². The maximum absolute atomic E-state index is 12.4. The molecule has 2 aromatic heterocycles. The number of benzene rings is 1. The van der Waals surface area contributed by atoms with Crippen LogP contribution in [0.25, 0.3) is 10.9 Å². The van der Waals surface area contributed by atoms with Crippen molar-refractivity contribution < 1.29 is 4.79 Å². The summed E-state index contributed by atoms with van der Waals surface area (Å²) in [7, 11) is 0. The molecule has 4 rings (SSSR count). The number of likely N-dealkylation sites (tertiary alicyclic amines) is 1. The molecule has 0 atom stereocenters. The summed E-state index contributed by atoms with van der Waals surface area (Å²) < 4.78 is 0. The summed E-state index contributed by atoms with van der Waals surface area (Å²) in [4.78, 5) is 22.3. The minimum absolute atomic E-state index is 0.251. The van der Waals surface area contributed by atoms with Gasteiger partial charge in [0.25, 0.3) is 0 Å². The first-order valence-corrected chi connectivity index (χ1v) is 10.3. The average molecular weight is 366 g/mol. The predicted octanol–water partition coefficient (Wildman–Crippen LogP) is 4.20. The van der Waals surface area contributed by atoms with E-state index in [2.05, 4.69) is 40.3 Å². The normalized spacial score (nSPS) is 15.5. The second-order valence-corrected chi connectivity index (χ2v) is 7.77. The van der Waals surface area contributed by atoms with E-state index in [1.54, 1.807) is 18.0 Å². The number of aromatic amines is 1. The van der Waals surface area contributed by atoms with E-state index >= 15 is 0 Å². The molecule has 1 aromatic carbocycles. The van der Waals surface area contributed by atoms with E-state index in [9.17, 15) is 4.79 Å². The van der Waals surface area contributed by atoms with Crippen LogP contribution in [-0.4, -0.2) is 39.6 Å². The lowest BCUT2D eigenvalue weighted by molar-refractivity contribution is -0.129. The van der Waals surface area contributed by atoms with Crippen molar-refractivity contribution in [3.05, 3.63) is 66.1 Å². The third-order valence-electron chi connectivity index (χ3n) is 5.04. The van der Waals surface area contributed by atoms with Crippen molar-refractivity contribution in [3.63, 3.8) is 0 Å². The first-order chi connectivity index (χ1) is 12.8. The fraction of sp³-hybridized carbons (Fsp3) is 0.333. The summed E-state index contributed by atoms with van der Waals surface area (Å²) in [5.74, 6) is 2.10. The Balaban J connectivity index is 1.27. The molecule has 1 aliphatic heterocycles. The third kappa shape index (κ3) is 3.93. The molecule has 0 spiro atoms. The summed E-state index contributed by atoms with van der Waals surface area (Å²) in [6.45, 7) is 1.70. The maximum atomic E-state index is 12.4. The minimum Gasteiger partial charge on any atom is -0.358 e. The molecule has 3 heterocycles. The Morgan fingerprint density at radius 2 is 1.96 bits per heavy atom. The Bertz CT molecular complexity index is 836. The largest absolute Gasteiger partial charge is 0.358 e. The van der Waals surface area contributed by atoms with Crippen molar-refractivity contribution in [2.75, 3.05) is 18.8 Å². The minimum atomic E-state index is 0.251. The smallest absolute Gasteiger partial charge is 0.232 e. The average Bonchev–Trinajstić information content (AvgIpc) is 3.13. The number of pyridine rings is 1. The first kappa shape index (κ1) is 17.2. The zero-order valence-corrected chi connectivity index (χ0v) is 15.5. The van der Waals surface area contributed by atoms with E-state index in [1.807, 2.05) is 23.1 Å². The Hall–Kier alpha value is -2.27. The highest BCUT2D eigenvalue weighted by Crippen LogP contribution is 2.30. The molecule has 1 fully saturated rings. The standard InChI is InChI=1S/C21H23N3OS/c25-21(15-26-14-18-6-3-4-10-22-18)24-11-8-16(9-12-24)20-13-17-5-1-2-7-19(17)23-20/h1-7,10,13,16,23H,8-9,11-12,14-15H2. The van der Waals surface area contributed by atoms with Crippen molar-refractivity contribution in [2.45, 2.75) is 24.5 Å². The summed E-state index contributed by atoms with van der Waals surface area (Å²) in [6.07, 6.45) is 3.86. The molecule has 0 radical (unpaired) electrons. The van der Waals surface area contributed by atoms with E-state index < -0.39 is 0 Å². The summed E-state index contributed by atoms with van der Waals surface area (Å²) in [6, 6.07) is 16.6. The molecular weight excluding hydrogens is 342 g/mol. The molecule has 4 nitrogen and oxygen atoms in total. The molecule has 3 aromatic rings. The lowest BCUT2D eigenvalue weighted by Crippen LogP contribution is -2.39. The number of hydrogen-bond donors (Lipinski definition) is 1. The van der Waals surface area contributed by atoms with Gasteiger partial charge in [0.2, 0.25) is 5.91 Å². The molecule has 1 N–H and O–H groups in total. The molecule has 1 saturated heterocycles. The predicted molar refractivity (Wildman–Crippen MR) is 107 cm³/mol. The monoisotopic (exact) mass is 365 g/mol. The van der Waals surface area contributed by atoms with E-state index in [0.29, 0.717) is 11.7 Å². The fourth-order valence-corrected chi connectivity index (χ4v) is 4.41. The number of H-pyrrole nitrogens is 1. The molecule has 1 amide bonds. The van der Waals surface area contributed by atoms with Crippen LogP contribution in [0.3, 0.4) is 0 Å². The number of hydrogen-bond acceptors (Lipinski definition) is 3. The van der Waals surface area contributed by atoms with E-state index in [1.165, 1.54) is 16.6 Å². The SMILES string of the molecule is O=C(CSCc1ccccn1)N1CCC(c2cc3ccccc3[nH]2)CC1. The number of aromatic nitrogens is 2. The van der Waals surface area contributed by atoms with Crippen molar-refractivity contribution in [1.82, 2.24) is 14.9 Å². The van der Waals surface area contributed by atoms with E-state index in [4.69, 9.17) is 0 Å². The van der Waals surface area contributed by atoms with Gasteiger partial charge in [-0.3, -0.25) is 9.78 Å². The van der Waals surface area contributed by atoms with Gasteiger partial charge in [0.15, 0.2) is 0 Å². The number of fused-ring (bicyclic) bond motifs is 1. The maximum Gasteiger partial charge on any atom is 0.232 e. The second-order valence-electron chi connectivity index (χ2n) is 6.78. The molecule has 134 valence electrons. The van der Waals surface area contributed by atoms with E-state index in [0.717, 1.165) is 37.4 Å². The second kappa shape index (κ2) is 7.96. The van der Waals surface area contributed by atoms with Gasteiger partial charge in [-0.05, 0) is 42.5 Å². The van der Waals surface area contributed by atoms with Crippen molar-refractivity contribution in [2.24, 2.45) is 0 Å². The lowest BCUT2D eigenvalue weighted by Gasteiger charge is -2.31. The number of thioether (sulfide) groups is 1. The number of para-hydroxylation sites is 1. The van der Waals surface area contributed by atoms with Gasteiger partial charge in [-0.1, -0.05) is 24.3 Å². The van der Waals surface area contributed by atoms with Crippen LogP contribution in [0.1, 0.15) is 30.1 Å². The quantitative estimate of drug-likeness (QED) is 0.737. The van der Waals surface area contributed by atoms with Gasteiger partial charge in [0.1, 0.15) is 0 Å². The van der Waals surface area contributed by atoms with Gasteiger partial charge in [-0.15, -0.1) is 11.8 Å². The summed E-state index contributed by atoms with van der Waals surface area (Å²) >= 11 is 1.65. The lowest BCUT2D eigenvalue weighted by atomic mass is 9.93. The van der Waals surface area contributed by atoms with E-state index in [-0.39, 0.29) is 5.91 Å². The van der Waals surface area contributed by atoms with Gasteiger partial charge in [0.05, 0.1) is 11.4 Å². The van der Waals surface area contributed by atoms with Crippen LogP contribution in [0, 0.1) is 0 Å². The van der Waals surface area contributed by atoms with Gasteiger partial charge in [0, 0.05) is 42.2 Å². The van der Waals surface area contributed by atoms with Gasteiger partial charge < -0.3 is 9.88 Å². The molecule has 0 bridgehead atoms. The number of nitrogens with zero attached hydrogens (tertiary/aromatic N) is 2. The van der Waals surface area contributed by atoms with Gasteiger partial charge in [-0.25, -0.2) is 0 Å². The van der Waals surface area contributed by atoms with Crippen LogP contribution in [-0.2, 0) is 10.5 Å². The van der Waals surface area contributed by atoms with Crippen LogP contribution in [0.2, 0.25) is 0 Å². The topological polar surface area (TPSA) is 49.0 Å². The number of piperidine rings is 1. The Labute approximate surface area is 158 Å². The molecular formula is C21H23N3OS. The van der Waals surface area contributed by atoms with Crippen LogP contribution in [0.4, 0.5) is 0 Å². The highest BCUT2D eigenvalue weighted by Gasteiger charge is 2.24. The van der Waals surface area contributed by atoms with Gasteiger partial charge in [-0.2, -0.15) is 0 Å². The molecule has 0 saturated carbocycles. The molecule has 0 unspecified atom stereocenters. The number of carbonyl (C=O) groups excluding carboxylic acids is 1. The van der Waals surface area contributed by atoms with Crippen LogP contribution < -0.4 is 0 Å². The van der Waals surface area contributed by atoms with Crippen LogP contribution >= 0.6 is 11.8 Å². The fourth-order valence-electron chi connectivity index (χ4n) is 3.57. The van der Waals surface area contributed by atoms with Crippen LogP contribution in [0.5, 0.6) is 0 Å². The Morgan fingerprint density at radius 1 is 1.15 bits per heavy atom. The molecule has 1 aliphatic rings. The zero-order valence-electron chi connectivity index (χ0n) is 14.7. The van der Waals surface area contributed by atoms with Crippen LogP contribution in [0.15, 0.2) is 54.7 Å². The number of nitrogens with one attached hydrogen (secondary N) is 1. The summed E-state index contributed by atoms with van der Waals surface area (Å²) in [5.41, 5.74) is 3.54. The van der Waals surface area contributed by atoms with Crippen molar-refractivity contribution in [1.29, 1.82) is 0 Å². The van der Waals surface area contributed by atoms with Crippen molar-refractivity contribution >= 4 is 28.6 Å². The zero-order chi connectivity index (χ0) is 17.8. The number of rotatable bonds is 5. The third-order valence-corrected chi connectivity index (χ3v) is 5.99. The molecule has 26 heavy (non-hydrogen) atoms.